The lowest BCUT2D eigenvalue weighted by atomic mass is 10.1. The molecule has 1 fully saturated rings. The van der Waals surface area contributed by atoms with Gasteiger partial charge in [0.15, 0.2) is 0 Å². The molecule has 0 unspecified atom stereocenters. The molecule has 0 atom stereocenters. The number of piperidine rings is 1. The highest BCUT2D eigenvalue weighted by Crippen LogP contribution is 2.14. The number of anilines is 1. The van der Waals surface area contributed by atoms with Crippen LogP contribution in [-0.4, -0.2) is 43.3 Å². The average molecular weight is 264 g/mol. The van der Waals surface area contributed by atoms with Gasteiger partial charge in [0, 0.05) is 38.7 Å². The molecule has 1 aliphatic heterocycles. The number of carbonyl (C=O) groups excluding carboxylic acids is 2. The van der Waals surface area contributed by atoms with Gasteiger partial charge in [0.25, 0.3) is 0 Å². The normalized spacial score (nSPS) is 15.5. The summed E-state index contributed by atoms with van der Waals surface area (Å²) in [4.78, 5) is 26.7. The number of amides is 1. The summed E-state index contributed by atoms with van der Waals surface area (Å²) in [6.07, 6.45) is 0.901. The molecule has 0 N–H and O–H groups in total. The van der Waals surface area contributed by atoms with E-state index in [0.717, 1.165) is 5.69 Å². The summed E-state index contributed by atoms with van der Waals surface area (Å²) in [6, 6.07) is 6.02. The highest BCUT2D eigenvalue weighted by molar-refractivity contribution is 5.85. The van der Waals surface area contributed by atoms with Crippen molar-refractivity contribution in [3.05, 3.63) is 30.1 Å². The van der Waals surface area contributed by atoms with Crippen molar-refractivity contribution in [2.24, 2.45) is 0 Å². The van der Waals surface area contributed by atoms with Gasteiger partial charge < -0.3 is 9.80 Å². The van der Waals surface area contributed by atoms with Crippen molar-refractivity contribution in [1.82, 2.24) is 4.90 Å². The van der Waals surface area contributed by atoms with E-state index >= 15 is 0 Å². The number of benzene rings is 1. The predicted octanol–water partition coefficient (Wildman–Crippen LogP) is 1.45. The number of carbonyl (C=O) groups is 2. The summed E-state index contributed by atoms with van der Waals surface area (Å²) in [5, 5.41) is 0. The number of halogens is 1. The average Bonchev–Trinajstić information content (AvgIpc) is 2.40. The third-order valence-corrected chi connectivity index (χ3v) is 3.31. The topological polar surface area (TPSA) is 40.6 Å². The molecule has 4 nitrogen and oxygen atoms in total. The molecule has 1 aliphatic rings. The number of nitrogens with zero attached hydrogens (tertiary/aromatic N) is 2. The van der Waals surface area contributed by atoms with Crippen LogP contribution >= 0.6 is 0 Å². The second-order valence-electron chi connectivity index (χ2n) is 4.75. The van der Waals surface area contributed by atoms with E-state index in [1.807, 2.05) is 0 Å². The van der Waals surface area contributed by atoms with E-state index in [0.29, 0.717) is 25.9 Å². The van der Waals surface area contributed by atoms with E-state index in [1.165, 1.54) is 12.1 Å². The molecule has 0 radical (unpaired) electrons. The van der Waals surface area contributed by atoms with Crippen LogP contribution in [-0.2, 0) is 9.59 Å². The van der Waals surface area contributed by atoms with Crippen molar-refractivity contribution < 1.29 is 14.0 Å². The molecule has 2 rings (SSSR count). The van der Waals surface area contributed by atoms with E-state index in [-0.39, 0.29) is 24.1 Å². The zero-order valence-corrected chi connectivity index (χ0v) is 10.9. The summed E-state index contributed by atoms with van der Waals surface area (Å²) in [5.74, 6) is -0.0757. The second kappa shape index (κ2) is 5.82. The van der Waals surface area contributed by atoms with Crippen molar-refractivity contribution >= 4 is 17.4 Å². The highest BCUT2D eigenvalue weighted by atomic mass is 19.1. The first-order valence-electron chi connectivity index (χ1n) is 6.32. The molecular weight excluding hydrogens is 247 g/mol. The monoisotopic (exact) mass is 264 g/mol. The lowest BCUT2D eigenvalue weighted by Crippen LogP contribution is -2.43. The molecule has 1 aromatic carbocycles. The molecule has 19 heavy (non-hydrogen) atoms. The number of Topliss-reactive ketones (excluding diaryl/α,β-unsaturated/α-hetero) is 1. The van der Waals surface area contributed by atoms with Crippen LogP contribution in [0.2, 0.25) is 0 Å². The minimum Gasteiger partial charge on any atom is -0.365 e. The SMILES string of the molecule is CN(CC(=O)N1CCC(=O)CC1)c1ccc(F)cc1. The zero-order valence-electron chi connectivity index (χ0n) is 10.9. The van der Waals surface area contributed by atoms with Crippen LogP contribution in [0.5, 0.6) is 0 Å². The molecule has 102 valence electrons. The van der Waals surface area contributed by atoms with Crippen molar-refractivity contribution in [1.29, 1.82) is 0 Å². The Morgan fingerprint density at radius 2 is 1.84 bits per heavy atom. The minimum absolute atomic E-state index is 0.000625. The standard InChI is InChI=1S/C14H17FN2O2/c1-16(12-4-2-11(15)3-5-12)10-14(19)17-8-6-13(18)7-9-17/h2-5H,6-10H2,1H3. The van der Waals surface area contributed by atoms with Gasteiger partial charge in [-0.15, -0.1) is 0 Å². The predicted molar refractivity (Wildman–Crippen MR) is 70.5 cm³/mol. The van der Waals surface area contributed by atoms with Crippen molar-refractivity contribution in [3.8, 4) is 0 Å². The quantitative estimate of drug-likeness (QED) is 0.829. The van der Waals surface area contributed by atoms with Crippen LogP contribution in [0.4, 0.5) is 10.1 Å². The fraction of sp³-hybridized carbons (Fsp3) is 0.429. The minimum atomic E-state index is -0.294. The molecule has 0 aliphatic carbocycles. The van der Waals surface area contributed by atoms with Gasteiger partial charge in [-0.1, -0.05) is 0 Å². The van der Waals surface area contributed by atoms with Gasteiger partial charge in [0.2, 0.25) is 5.91 Å². The van der Waals surface area contributed by atoms with Crippen LogP contribution in [0.15, 0.2) is 24.3 Å². The van der Waals surface area contributed by atoms with Gasteiger partial charge in [-0.05, 0) is 24.3 Å². The molecule has 1 heterocycles. The highest BCUT2D eigenvalue weighted by Gasteiger charge is 2.21. The second-order valence-corrected chi connectivity index (χ2v) is 4.75. The van der Waals surface area contributed by atoms with Crippen molar-refractivity contribution in [2.45, 2.75) is 12.8 Å². The Morgan fingerprint density at radius 1 is 1.26 bits per heavy atom. The van der Waals surface area contributed by atoms with Crippen molar-refractivity contribution in [2.75, 3.05) is 31.6 Å². The first kappa shape index (κ1) is 13.5. The van der Waals surface area contributed by atoms with Crippen LogP contribution in [0.1, 0.15) is 12.8 Å². The van der Waals surface area contributed by atoms with Gasteiger partial charge in [-0.3, -0.25) is 9.59 Å². The summed E-state index contributed by atoms with van der Waals surface area (Å²) in [7, 11) is 1.79. The van der Waals surface area contributed by atoms with Gasteiger partial charge in [0.05, 0.1) is 6.54 Å². The fourth-order valence-corrected chi connectivity index (χ4v) is 2.10. The fourth-order valence-electron chi connectivity index (χ4n) is 2.10. The number of likely N-dealkylation sites (tertiary alicyclic amines) is 1. The van der Waals surface area contributed by atoms with E-state index in [2.05, 4.69) is 0 Å². The van der Waals surface area contributed by atoms with Crippen molar-refractivity contribution in [3.63, 3.8) is 0 Å². The van der Waals surface area contributed by atoms with Gasteiger partial charge in [-0.25, -0.2) is 4.39 Å². The molecule has 0 aromatic heterocycles. The Hall–Kier alpha value is -1.91. The smallest absolute Gasteiger partial charge is 0.242 e. The molecule has 0 spiro atoms. The molecule has 0 saturated carbocycles. The summed E-state index contributed by atoms with van der Waals surface area (Å²) in [5.41, 5.74) is 0.794. The Balaban J connectivity index is 1.91. The number of likely N-dealkylation sites (N-methyl/N-ethyl adjacent to an activating group) is 1. The maximum atomic E-state index is 12.8. The number of hydrogen-bond acceptors (Lipinski definition) is 3. The largest absolute Gasteiger partial charge is 0.365 e. The molecule has 0 bridgehead atoms. The molecule has 1 amide bonds. The molecular formula is C14H17FN2O2. The van der Waals surface area contributed by atoms with E-state index < -0.39 is 0 Å². The van der Waals surface area contributed by atoms with Crippen LogP contribution in [0.3, 0.4) is 0 Å². The summed E-state index contributed by atoms with van der Waals surface area (Å²) >= 11 is 0. The van der Waals surface area contributed by atoms with Crippen LogP contribution in [0.25, 0.3) is 0 Å². The van der Waals surface area contributed by atoms with E-state index in [9.17, 15) is 14.0 Å². The number of rotatable bonds is 3. The van der Waals surface area contributed by atoms with E-state index in [4.69, 9.17) is 0 Å². The van der Waals surface area contributed by atoms with Gasteiger partial charge in [-0.2, -0.15) is 0 Å². The summed E-state index contributed by atoms with van der Waals surface area (Å²) < 4.78 is 12.8. The van der Waals surface area contributed by atoms with Crippen LogP contribution in [0, 0.1) is 5.82 Å². The molecule has 1 saturated heterocycles. The Kier molecular flexibility index (Phi) is 4.14. The Morgan fingerprint density at radius 3 is 2.42 bits per heavy atom. The Bertz CT molecular complexity index is 463. The maximum Gasteiger partial charge on any atom is 0.242 e. The van der Waals surface area contributed by atoms with Crippen LogP contribution < -0.4 is 4.90 Å². The van der Waals surface area contributed by atoms with Gasteiger partial charge in [0.1, 0.15) is 11.6 Å². The Labute approximate surface area is 111 Å². The molecule has 5 heteroatoms. The lowest BCUT2D eigenvalue weighted by Gasteiger charge is -2.28. The lowest BCUT2D eigenvalue weighted by molar-refractivity contribution is -0.133. The zero-order chi connectivity index (χ0) is 13.8. The summed E-state index contributed by atoms with van der Waals surface area (Å²) in [6.45, 7) is 1.25. The van der Waals surface area contributed by atoms with E-state index in [1.54, 1.807) is 29.0 Å². The number of ketones is 1. The number of hydrogen-bond donors (Lipinski definition) is 0. The van der Waals surface area contributed by atoms with Gasteiger partial charge >= 0.3 is 0 Å². The third-order valence-electron chi connectivity index (χ3n) is 3.31. The third kappa shape index (κ3) is 3.53. The molecule has 1 aromatic rings. The maximum absolute atomic E-state index is 12.8. The first-order chi connectivity index (χ1) is 9.06. The first-order valence-corrected chi connectivity index (χ1v) is 6.32.